The molecular weight excluding hydrogens is 244 g/mol. The predicted octanol–water partition coefficient (Wildman–Crippen LogP) is -1.67. The number of hydrogen-bond acceptors (Lipinski definition) is 7. The fourth-order valence-corrected chi connectivity index (χ4v) is 2.23. The molecular formula is C11H20O7. The molecule has 0 radical (unpaired) electrons. The number of aliphatic hydroxyl groups is 4. The topological polar surface area (TPSA) is 109 Å². The summed E-state index contributed by atoms with van der Waals surface area (Å²) in [7, 11) is 0. The van der Waals surface area contributed by atoms with Gasteiger partial charge in [0, 0.05) is 6.61 Å². The summed E-state index contributed by atoms with van der Waals surface area (Å²) in [5.41, 5.74) is 0. The van der Waals surface area contributed by atoms with Gasteiger partial charge in [0.15, 0.2) is 12.6 Å². The number of ether oxygens (including phenoxy) is 3. The Morgan fingerprint density at radius 1 is 1.11 bits per heavy atom. The maximum atomic E-state index is 9.86. The van der Waals surface area contributed by atoms with Gasteiger partial charge >= 0.3 is 0 Å². The van der Waals surface area contributed by atoms with Gasteiger partial charge in [0.25, 0.3) is 0 Å². The minimum atomic E-state index is -1.52. The van der Waals surface area contributed by atoms with Crippen LogP contribution in [0, 0.1) is 0 Å². The minimum Gasteiger partial charge on any atom is -0.394 e. The summed E-state index contributed by atoms with van der Waals surface area (Å²) in [5, 5.41) is 37.9. The first kappa shape index (κ1) is 14.1. The lowest BCUT2D eigenvalue weighted by molar-refractivity contribution is -0.320. The highest BCUT2D eigenvalue weighted by atomic mass is 16.7. The Morgan fingerprint density at radius 2 is 1.89 bits per heavy atom. The van der Waals surface area contributed by atoms with Gasteiger partial charge in [0.2, 0.25) is 0 Å². The van der Waals surface area contributed by atoms with Gasteiger partial charge in [-0.15, -0.1) is 0 Å². The molecule has 6 atom stereocenters. The van der Waals surface area contributed by atoms with Crippen molar-refractivity contribution in [3.05, 3.63) is 0 Å². The van der Waals surface area contributed by atoms with E-state index in [0.29, 0.717) is 13.0 Å². The van der Waals surface area contributed by atoms with Crippen molar-refractivity contribution >= 4 is 0 Å². The second kappa shape index (κ2) is 6.25. The Balaban J connectivity index is 1.98. The van der Waals surface area contributed by atoms with Crippen LogP contribution in [0.5, 0.6) is 0 Å². The fraction of sp³-hybridized carbons (Fsp3) is 1.00. The van der Waals surface area contributed by atoms with Gasteiger partial charge in [-0.05, 0) is 19.3 Å². The summed E-state index contributed by atoms with van der Waals surface area (Å²) in [6.45, 7) is 0.168. The van der Waals surface area contributed by atoms with E-state index in [1.807, 2.05) is 0 Å². The molecule has 2 saturated heterocycles. The van der Waals surface area contributed by atoms with E-state index in [2.05, 4.69) is 0 Å². The molecule has 0 spiro atoms. The Labute approximate surface area is 105 Å². The Hall–Kier alpha value is -0.280. The third kappa shape index (κ3) is 3.00. The molecule has 0 amide bonds. The first-order valence-electron chi connectivity index (χ1n) is 6.21. The standard InChI is InChI=1S/C11H20O7/c12-5-6-10(8(13)9(14)11(15)17-6)18-7-3-1-2-4-16-7/h6-15H,1-5H2/t6-,7?,8-,9-,10+,11?/m1/s1. The number of aliphatic hydroxyl groups excluding tert-OH is 4. The van der Waals surface area contributed by atoms with Gasteiger partial charge in [0.1, 0.15) is 24.4 Å². The molecule has 0 bridgehead atoms. The van der Waals surface area contributed by atoms with Crippen LogP contribution < -0.4 is 0 Å². The molecule has 0 aromatic rings. The lowest BCUT2D eigenvalue weighted by Gasteiger charge is -2.41. The van der Waals surface area contributed by atoms with Gasteiger partial charge in [0.05, 0.1) is 6.61 Å². The molecule has 0 aromatic heterocycles. The maximum Gasteiger partial charge on any atom is 0.184 e. The van der Waals surface area contributed by atoms with Crippen LogP contribution >= 0.6 is 0 Å². The maximum absolute atomic E-state index is 9.86. The van der Waals surface area contributed by atoms with E-state index >= 15 is 0 Å². The Kier molecular flexibility index (Phi) is 4.91. The van der Waals surface area contributed by atoms with Crippen LogP contribution in [-0.2, 0) is 14.2 Å². The molecule has 0 saturated carbocycles. The molecule has 2 fully saturated rings. The number of hydrogen-bond donors (Lipinski definition) is 4. The van der Waals surface area contributed by atoms with Crippen molar-refractivity contribution in [3.63, 3.8) is 0 Å². The second-order valence-corrected chi connectivity index (χ2v) is 4.63. The highest BCUT2D eigenvalue weighted by Crippen LogP contribution is 2.25. The van der Waals surface area contributed by atoms with Crippen molar-refractivity contribution in [1.82, 2.24) is 0 Å². The van der Waals surface area contributed by atoms with Gasteiger partial charge in [-0.3, -0.25) is 0 Å². The summed E-state index contributed by atoms with van der Waals surface area (Å²) >= 11 is 0. The van der Waals surface area contributed by atoms with Crippen molar-refractivity contribution in [2.45, 2.75) is 56.3 Å². The van der Waals surface area contributed by atoms with Crippen molar-refractivity contribution in [2.24, 2.45) is 0 Å². The summed E-state index contributed by atoms with van der Waals surface area (Å²) in [6, 6.07) is 0. The summed E-state index contributed by atoms with van der Waals surface area (Å²) in [5.74, 6) is 0. The molecule has 0 aromatic carbocycles. The molecule has 2 aliphatic heterocycles. The van der Waals surface area contributed by atoms with Crippen LogP contribution in [0.25, 0.3) is 0 Å². The fourth-order valence-electron chi connectivity index (χ4n) is 2.23. The van der Waals surface area contributed by atoms with Crippen molar-refractivity contribution in [3.8, 4) is 0 Å². The van der Waals surface area contributed by atoms with Crippen molar-refractivity contribution in [2.75, 3.05) is 13.2 Å². The van der Waals surface area contributed by atoms with Crippen LogP contribution in [0.3, 0.4) is 0 Å². The molecule has 2 unspecified atom stereocenters. The van der Waals surface area contributed by atoms with Gasteiger partial charge < -0.3 is 34.6 Å². The van der Waals surface area contributed by atoms with E-state index in [1.165, 1.54) is 0 Å². The van der Waals surface area contributed by atoms with Crippen LogP contribution in [0.1, 0.15) is 19.3 Å². The van der Waals surface area contributed by atoms with E-state index < -0.39 is 43.6 Å². The van der Waals surface area contributed by atoms with Crippen molar-refractivity contribution in [1.29, 1.82) is 0 Å². The monoisotopic (exact) mass is 264 g/mol. The second-order valence-electron chi connectivity index (χ2n) is 4.63. The number of rotatable bonds is 3. The average Bonchev–Trinajstić information content (AvgIpc) is 2.40. The van der Waals surface area contributed by atoms with Crippen LogP contribution in [0.15, 0.2) is 0 Å². The van der Waals surface area contributed by atoms with Crippen LogP contribution in [-0.4, -0.2) is 70.6 Å². The van der Waals surface area contributed by atoms with Gasteiger partial charge in [-0.2, -0.15) is 0 Å². The largest absolute Gasteiger partial charge is 0.394 e. The smallest absolute Gasteiger partial charge is 0.184 e. The van der Waals surface area contributed by atoms with E-state index in [1.54, 1.807) is 0 Å². The molecule has 7 heteroatoms. The van der Waals surface area contributed by atoms with E-state index in [9.17, 15) is 15.3 Å². The summed E-state index contributed by atoms with van der Waals surface area (Å²) in [6.07, 6.45) is -3.96. The first-order valence-corrected chi connectivity index (χ1v) is 6.21. The third-order valence-corrected chi connectivity index (χ3v) is 3.29. The average molecular weight is 264 g/mol. The van der Waals surface area contributed by atoms with E-state index in [4.69, 9.17) is 19.3 Å². The van der Waals surface area contributed by atoms with Gasteiger partial charge in [-0.25, -0.2) is 0 Å². The molecule has 106 valence electrons. The lowest BCUT2D eigenvalue weighted by Crippen LogP contribution is -2.60. The zero-order chi connectivity index (χ0) is 13.1. The molecule has 2 rings (SSSR count). The first-order chi connectivity index (χ1) is 8.63. The predicted molar refractivity (Wildman–Crippen MR) is 58.4 cm³/mol. The van der Waals surface area contributed by atoms with Crippen LogP contribution in [0.4, 0.5) is 0 Å². The molecule has 18 heavy (non-hydrogen) atoms. The lowest BCUT2D eigenvalue weighted by atomic mass is 9.99. The zero-order valence-corrected chi connectivity index (χ0v) is 10.0. The molecule has 4 N–H and O–H groups in total. The highest BCUT2D eigenvalue weighted by molar-refractivity contribution is 4.90. The van der Waals surface area contributed by atoms with Crippen molar-refractivity contribution < 1.29 is 34.6 Å². The van der Waals surface area contributed by atoms with E-state index in [-0.39, 0.29) is 0 Å². The molecule has 0 aliphatic carbocycles. The third-order valence-electron chi connectivity index (χ3n) is 3.29. The molecule has 2 heterocycles. The zero-order valence-electron chi connectivity index (χ0n) is 10.0. The quantitative estimate of drug-likeness (QED) is 0.482. The Bertz CT molecular complexity index is 254. The molecule has 2 aliphatic rings. The minimum absolute atomic E-state index is 0.418. The van der Waals surface area contributed by atoms with Crippen LogP contribution in [0.2, 0.25) is 0 Å². The van der Waals surface area contributed by atoms with E-state index in [0.717, 1.165) is 12.8 Å². The Morgan fingerprint density at radius 3 is 2.50 bits per heavy atom. The highest BCUT2D eigenvalue weighted by Gasteiger charge is 2.45. The SMILES string of the molecule is OC[C@H]1OC(O)[C@H](O)[C@@H](O)[C@H]1OC1CCCCO1. The summed E-state index contributed by atoms with van der Waals surface area (Å²) in [4.78, 5) is 0. The summed E-state index contributed by atoms with van der Waals surface area (Å²) < 4.78 is 15.9. The van der Waals surface area contributed by atoms with Gasteiger partial charge in [-0.1, -0.05) is 0 Å². The normalized spacial score (nSPS) is 46.0. The molecule has 7 nitrogen and oxygen atoms in total.